The van der Waals surface area contributed by atoms with Gasteiger partial charge in [0.25, 0.3) is 0 Å². The van der Waals surface area contributed by atoms with E-state index in [0.717, 1.165) is 5.56 Å². The molecule has 2 aliphatic rings. The summed E-state index contributed by atoms with van der Waals surface area (Å²) in [5, 5.41) is 30.3. The van der Waals surface area contributed by atoms with Gasteiger partial charge >= 0.3 is 0 Å². The summed E-state index contributed by atoms with van der Waals surface area (Å²) in [5.74, 6) is 1.51. The molecule has 3 unspecified atom stereocenters. The van der Waals surface area contributed by atoms with Crippen molar-refractivity contribution in [3.05, 3.63) is 46.5 Å². The Kier molecular flexibility index (Phi) is 3.03. The Morgan fingerprint density at radius 2 is 1.62 bits per heavy atom. The highest BCUT2D eigenvalue weighted by Crippen LogP contribution is 2.55. The average molecular weight is 328 g/mol. The summed E-state index contributed by atoms with van der Waals surface area (Å²) >= 11 is 0. The maximum absolute atomic E-state index is 10.2. The van der Waals surface area contributed by atoms with Gasteiger partial charge in [-0.05, 0) is 49.2 Å². The first kappa shape index (κ1) is 15.1. The molecule has 0 amide bonds. The Bertz CT molecular complexity index is 844. The number of phenols is 2. The molecule has 2 aliphatic heterocycles. The molecule has 2 aromatic carbocycles. The Hall–Kier alpha value is -2.40. The number of fused-ring (bicyclic) bond motifs is 4. The van der Waals surface area contributed by atoms with Gasteiger partial charge in [-0.3, -0.25) is 0 Å². The van der Waals surface area contributed by atoms with Crippen molar-refractivity contribution in [1.82, 2.24) is 0 Å². The lowest BCUT2D eigenvalue weighted by atomic mass is 9.78. The zero-order valence-electron chi connectivity index (χ0n) is 13.8. The number of ether oxygens (including phenoxy) is 2. The maximum atomic E-state index is 10.2. The monoisotopic (exact) mass is 328 g/mol. The molecule has 24 heavy (non-hydrogen) atoms. The van der Waals surface area contributed by atoms with Crippen molar-refractivity contribution in [2.24, 2.45) is 0 Å². The highest BCUT2D eigenvalue weighted by molar-refractivity contribution is 5.56. The largest absolute Gasteiger partial charge is 0.508 e. The smallest absolute Gasteiger partial charge is 0.197 e. The molecule has 0 radical (unpaired) electrons. The van der Waals surface area contributed by atoms with Crippen molar-refractivity contribution in [2.75, 3.05) is 6.61 Å². The second-order valence-corrected chi connectivity index (χ2v) is 6.79. The van der Waals surface area contributed by atoms with Gasteiger partial charge in [-0.2, -0.15) is 0 Å². The number of hydrogen-bond donors (Lipinski definition) is 3. The van der Waals surface area contributed by atoms with Gasteiger partial charge in [-0.15, -0.1) is 0 Å². The van der Waals surface area contributed by atoms with Gasteiger partial charge in [0.05, 0.1) is 6.61 Å². The van der Waals surface area contributed by atoms with Gasteiger partial charge in [0, 0.05) is 17.0 Å². The molecular formula is C19H20O5. The van der Waals surface area contributed by atoms with E-state index >= 15 is 0 Å². The number of aryl methyl sites for hydroxylation is 2. The van der Waals surface area contributed by atoms with Gasteiger partial charge < -0.3 is 24.8 Å². The molecule has 3 atom stereocenters. The van der Waals surface area contributed by atoms with Crippen LogP contribution in [0.15, 0.2) is 24.3 Å². The van der Waals surface area contributed by atoms with Crippen molar-refractivity contribution in [1.29, 1.82) is 0 Å². The molecule has 2 heterocycles. The first-order valence-electron chi connectivity index (χ1n) is 8.01. The van der Waals surface area contributed by atoms with E-state index in [1.54, 1.807) is 38.1 Å². The fraction of sp³-hybridized carbons (Fsp3) is 0.368. The fourth-order valence-corrected chi connectivity index (χ4v) is 3.80. The van der Waals surface area contributed by atoms with Crippen LogP contribution in [0.4, 0.5) is 0 Å². The quantitative estimate of drug-likeness (QED) is 0.750. The van der Waals surface area contributed by atoms with Crippen LogP contribution in [0.2, 0.25) is 0 Å². The lowest BCUT2D eigenvalue weighted by Gasteiger charge is -2.41. The summed E-state index contributed by atoms with van der Waals surface area (Å²) in [6.45, 7) is 5.32. The van der Waals surface area contributed by atoms with Crippen molar-refractivity contribution in [3.63, 3.8) is 0 Å². The molecular weight excluding hydrogens is 308 g/mol. The van der Waals surface area contributed by atoms with Crippen LogP contribution in [-0.2, 0) is 5.60 Å². The van der Waals surface area contributed by atoms with Gasteiger partial charge in [0.15, 0.2) is 11.7 Å². The summed E-state index contributed by atoms with van der Waals surface area (Å²) in [6, 6.07) is 6.86. The van der Waals surface area contributed by atoms with E-state index in [9.17, 15) is 15.3 Å². The van der Waals surface area contributed by atoms with Crippen LogP contribution in [-0.4, -0.2) is 28.0 Å². The minimum atomic E-state index is -1.06. The van der Waals surface area contributed by atoms with Crippen LogP contribution in [0.5, 0.6) is 23.0 Å². The first-order chi connectivity index (χ1) is 11.4. The molecule has 0 saturated heterocycles. The fourth-order valence-electron chi connectivity index (χ4n) is 3.80. The predicted octanol–water partition coefficient (Wildman–Crippen LogP) is 2.86. The number of hydrogen-bond acceptors (Lipinski definition) is 5. The molecule has 0 saturated carbocycles. The Morgan fingerprint density at radius 3 is 2.29 bits per heavy atom. The predicted molar refractivity (Wildman–Crippen MR) is 87.9 cm³/mol. The van der Waals surface area contributed by atoms with Crippen LogP contribution < -0.4 is 9.47 Å². The van der Waals surface area contributed by atoms with Crippen molar-refractivity contribution < 1.29 is 24.8 Å². The lowest BCUT2D eigenvalue weighted by molar-refractivity contribution is -0.0778. The summed E-state index contributed by atoms with van der Waals surface area (Å²) in [7, 11) is 0. The molecule has 0 bridgehead atoms. The zero-order chi connectivity index (χ0) is 17.2. The maximum Gasteiger partial charge on any atom is 0.197 e. The first-order valence-corrected chi connectivity index (χ1v) is 8.01. The average Bonchev–Trinajstić information content (AvgIpc) is 2.85. The normalized spacial score (nSPS) is 26.8. The van der Waals surface area contributed by atoms with E-state index in [1.807, 2.05) is 6.92 Å². The number of aliphatic hydroxyl groups is 1. The van der Waals surface area contributed by atoms with Gasteiger partial charge in [0.2, 0.25) is 0 Å². The second-order valence-electron chi connectivity index (χ2n) is 6.79. The Morgan fingerprint density at radius 1 is 1.00 bits per heavy atom. The minimum absolute atomic E-state index is 0.0951. The zero-order valence-corrected chi connectivity index (χ0v) is 13.8. The SMILES string of the molecule is Cc1cc2c(cc1O)C(C)C1Oc3cc(C)c(O)cc3C1(CO)O2. The van der Waals surface area contributed by atoms with E-state index in [1.165, 1.54) is 0 Å². The highest BCUT2D eigenvalue weighted by Gasteiger charge is 2.57. The standard InChI is InChI=1S/C19H20O5/c1-9-4-16-12(6-14(9)21)11(3)18-19(8-20,24-16)13-7-15(22)10(2)5-17(13)23-18/h4-7,11,18,20-22H,8H2,1-3H3. The molecule has 5 nitrogen and oxygen atoms in total. The number of phenolic OH excluding ortho intramolecular Hbond substituents is 2. The van der Waals surface area contributed by atoms with Gasteiger partial charge in [0.1, 0.15) is 23.0 Å². The summed E-state index contributed by atoms with van der Waals surface area (Å²) < 4.78 is 12.3. The molecule has 3 N–H and O–H groups in total. The van der Waals surface area contributed by atoms with E-state index in [2.05, 4.69) is 0 Å². The Labute approximate surface area is 140 Å². The van der Waals surface area contributed by atoms with E-state index in [0.29, 0.717) is 28.2 Å². The summed E-state index contributed by atoms with van der Waals surface area (Å²) in [5.41, 5.74) is 1.86. The Balaban J connectivity index is 1.93. The van der Waals surface area contributed by atoms with E-state index < -0.39 is 11.7 Å². The number of rotatable bonds is 1. The van der Waals surface area contributed by atoms with E-state index in [4.69, 9.17) is 9.47 Å². The second kappa shape index (κ2) is 4.80. The molecule has 5 heteroatoms. The summed E-state index contributed by atoms with van der Waals surface area (Å²) in [6.07, 6.45) is -0.437. The van der Waals surface area contributed by atoms with Crippen LogP contribution in [0, 0.1) is 13.8 Å². The number of aromatic hydroxyl groups is 2. The van der Waals surface area contributed by atoms with Crippen LogP contribution in [0.1, 0.15) is 35.1 Å². The highest BCUT2D eigenvalue weighted by atomic mass is 16.6. The molecule has 0 aliphatic carbocycles. The topological polar surface area (TPSA) is 79.2 Å². The van der Waals surface area contributed by atoms with Crippen LogP contribution in [0.3, 0.4) is 0 Å². The van der Waals surface area contributed by atoms with E-state index in [-0.39, 0.29) is 24.0 Å². The molecule has 0 spiro atoms. The van der Waals surface area contributed by atoms with Crippen LogP contribution in [0.25, 0.3) is 0 Å². The number of aliphatic hydroxyl groups excluding tert-OH is 1. The lowest BCUT2D eigenvalue weighted by Crippen LogP contribution is -2.51. The third-order valence-corrected chi connectivity index (χ3v) is 5.27. The third-order valence-electron chi connectivity index (χ3n) is 5.27. The van der Waals surface area contributed by atoms with Crippen molar-refractivity contribution in [3.8, 4) is 23.0 Å². The van der Waals surface area contributed by atoms with Crippen LogP contribution >= 0.6 is 0 Å². The number of benzene rings is 2. The molecule has 4 rings (SSSR count). The third kappa shape index (κ3) is 1.79. The minimum Gasteiger partial charge on any atom is -0.508 e. The van der Waals surface area contributed by atoms with Gasteiger partial charge in [-0.1, -0.05) is 6.92 Å². The molecule has 2 aromatic rings. The molecule has 0 aromatic heterocycles. The van der Waals surface area contributed by atoms with Gasteiger partial charge in [-0.25, -0.2) is 0 Å². The van der Waals surface area contributed by atoms with Crippen molar-refractivity contribution in [2.45, 2.75) is 38.4 Å². The molecule has 126 valence electrons. The van der Waals surface area contributed by atoms with Crippen molar-refractivity contribution >= 4 is 0 Å². The summed E-state index contributed by atoms with van der Waals surface area (Å²) in [4.78, 5) is 0. The molecule has 0 fully saturated rings.